The Bertz CT molecular complexity index is 743. The van der Waals surface area contributed by atoms with Crippen molar-refractivity contribution in [2.45, 2.75) is 13.3 Å². The van der Waals surface area contributed by atoms with Crippen molar-refractivity contribution in [2.75, 3.05) is 5.32 Å². The molecule has 1 aromatic heterocycles. The minimum Gasteiger partial charge on any atom is -0.406 e. The number of alkyl halides is 3. The molecule has 0 amide bonds. The number of tetrazole rings is 1. The number of hydrogen-bond acceptors (Lipinski definition) is 6. The first-order valence-corrected chi connectivity index (χ1v) is 6.76. The summed E-state index contributed by atoms with van der Waals surface area (Å²) in [6.07, 6.45) is -3.45. The highest BCUT2D eigenvalue weighted by atomic mass is 79.9. The Kier molecular flexibility index (Phi) is 4.85. The predicted octanol–water partition coefficient (Wildman–Crippen LogP) is 3.15. The average Bonchev–Trinajstić information content (AvgIpc) is 2.94. The molecule has 1 heterocycles. The van der Waals surface area contributed by atoms with Crippen molar-refractivity contribution in [1.82, 2.24) is 20.6 Å². The van der Waals surface area contributed by atoms with Crippen LogP contribution in [0.25, 0.3) is 5.57 Å². The second-order valence-corrected chi connectivity index (χ2v) is 5.05. The van der Waals surface area contributed by atoms with Gasteiger partial charge >= 0.3 is 6.36 Å². The summed E-state index contributed by atoms with van der Waals surface area (Å²) < 4.78 is 40.9. The second kappa shape index (κ2) is 6.66. The molecule has 0 unspecified atom stereocenters. The molecule has 0 aliphatic rings. The number of H-pyrrole nitrogens is 1. The number of ether oxygens (including phenoxy) is 1. The lowest BCUT2D eigenvalue weighted by Crippen LogP contribution is -2.17. The van der Waals surface area contributed by atoms with E-state index in [0.29, 0.717) is 15.7 Å². The molecule has 0 bridgehead atoms. The van der Waals surface area contributed by atoms with Crippen LogP contribution in [0.1, 0.15) is 11.4 Å². The largest absolute Gasteiger partial charge is 0.573 e. The minimum absolute atomic E-state index is 0.0887. The van der Waals surface area contributed by atoms with Crippen molar-refractivity contribution in [3.8, 4) is 11.8 Å². The van der Waals surface area contributed by atoms with Crippen LogP contribution in [0.5, 0.6) is 5.75 Å². The summed E-state index contributed by atoms with van der Waals surface area (Å²) in [7, 11) is 0. The fourth-order valence-electron chi connectivity index (χ4n) is 1.66. The number of aryl methyl sites for hydroxylation is 1. The highest BCUT2D eigenvalue weighted by Gasteiger charge is 2.31. The number of nitrogens with one attached hydrogen (secondary N) is 2. The van der Waals surface area contributed by atoms with E-state index in [1.165, 1.54) is 12.3 Å². The van der Waals surface area contributed by atoms with E-state index in [4.69, 9.17) is 5.26 Å². The van der Waals surface area contributed by atoms with Gasteiger partial charge in [-0.2, -0.15) is 10.5 Å². The summed E-state index contributed by atoms with van der Waals surface area (Å²) in [6, 6.07) is 4.26. The van der Waals surface area contributed by atoms with Crippen LogP contribution < -0.4 is 10.1 Å². The van der Waals surface area contributed by atoms with Crippen LogP contribution in [0.15, 0.2) is 22.8 Å². The molecule has 1 aromatic carbocycles. The number of halogens is 4. The van der Waals surface area contributed by atoms with Crippen LogP contribution in [0, 0.1) is 18.3 Å². The molecule has 0 aliphatic carbocycles. The smallest absolute Gasteiger partial charge is 0.406 e. The Hall–Kier alpha value is -2.61. The van der Waals surface area contributed by atoms with Gasteiger partial charge in [-0.05, 0) is 45.8 Å². The zero-order chi connectivity index (χ0) is 17.0. The van der Waals surface area contributed by atoms with Gasteiger partial charge in [-0.1, -0.05) is 0 Å². The van der Waals surface area contributed by atoms with E-state index in [-0.39, 0.29) is 17.1 Å². The zero-order valence-electron chi connectivity index (χ0n) is 11.4. The maximum atomic E-state index is 12.2. The van der Waals surface area contributed by atoms with Gasteiger partial charge in [-0.3, -0.25) is 0 Å². The number of aromatic nitrogens is 4. The van der Waals surface area contributed by atoms with Crippen molar-refractivity contribution >= 4 is 27.2 Å². The van der Waals surface area contributed by atoms with E-state index in [1.54, 1.807) is 6.92 Å². The molecule has 0 radical (unpaired) electrons. The number of allylic oxidation sites excluding steroid dienone is 1. The lowest BCUT2D eigenvalue weighted by atomic mass is 10.2. The molecule has 0 saturated carbocycles. The molecular formula is C12H8BrF3N6O. The van der Waals surface area contributed by atoms with Crippen LogP contribution in [0.4, 0.5) is 18.9 Å². The third-order valence-electron chi connectivity index (χ3n) is 2.56. The topological polar surface area (TPSA) is 99.5 Å². The van der Waals surface area contributed by atoms with Gasteiger partial charge in [0.2, 0.25) is 5.82 Å². The molecule has 7 nitrogen and oxygen atoms in total. The summed E-state index contributed by atoms with van der Waals surface area (Å²) in [5.74, 6) is -0.263. The number of aromatic amines is 1. The van der Waals surface area contributed by atoms with Crippen LogP contribution >= 0.6 is 15.9 Å². The second-order valence-electron chi connectivity index (χ2n) is 4.19. The molecule has 0 fully saturated rings. The number of nitrogens with zero attached hydrogens (tertiary/aromatic N) is 4. The molecule has 0 aliphatic heterocycles. The van der Waals surface area contributed by atoms with Gasteiger partial charge in [0.05, 0.1) is 5.69 Å². The quantitative estimate of drug-likeness (QED) is 0.780. The molecule has 2 N–H and O–H groups in total. The number of rotatable bonds is 4. The van der Waals surface area contributed by atoms with Gasteiger partial charge in [0, 0.05) is 10.7 Å². The summed E-state index contributed by atoms with van der Waals surface area (Å²) in [6.45, 7) is 1.59. The van der Waals surface area contributed by atoms with Gasteiger partial charge in [-0.15, -0.1) is 23.4 Å². The monoisotopic (exact) mass is 388 g/mol. The molecule has 0 saturated heterocycles. The molecule has 2 rings (SSSR count). The van der Waals surface area contributed by atoms with Crippen molar-refractivity contribution in [3.05, 3.63) is 34.2 Å². The average molecular weight is 389 g/mol. The minimum atomic E-state index is -4.77. The first kappa shape index (κ1) is 16.8. The third-order valence-corrected chi connectivity index (χ3v) is 3.19. The van der Waals surface area contributed by atoms with Gasteiger partial charge < -0.3 is 10.1 Å². The molecular weight excluding hydrogens is 381 g/mol. The van der Waals surface area contributed by atoms with Crippen molar-refractivity contribution in [3.63, 3.8) is 0 Å². The summed E-state index contributed by atoms with van der Waals surface area (Å²) in [4.78, 5) is 0. The number of hydrogen-bond donors (Lipinski definition) is 2. The SMILES string of the molecule is Cc1cc(OC(F)(F)F)cc(Br)c1NC=C(C#N)c1nn[nH]n1. The standard InChI is InChI=1S/C12H8BrF3N6O/c1-6-2-8(23-12(14,15)16)3-9(13)10(6)18-5-7(4-17)11-19-21-22-20-11/h2-3,5,18H,1H3,(H,19,20,21,22). The molecule has 120 valence electrons. The maximum absolute atomic E-state index is 12.2. The number of nitriles is 1. The Morgan fingerprint density at radius 2 is 2.22 bits per heavy atom. The summed E-state index contributed by atoms with van der Waals surface area (Å²) in [5.41, 5.74) is 1.04. The Morgan fingerprint density at radius 1 is 1.48 bits per heavy atom. The first-order valence-electron chi connectivity index (χ1n) is 5.96. The van der Waals surface area contributed by atoms with Crippen LogP contribution in [-0.2, 0) is 0 Å². The fourth-order valence-corrected chi connectivity index (χ4v) is 2.31. The normalized spacial score (nSPS) is 11.9. The summed E-state index contributed by atoms with van der Waals surface area (Å²) in [5, 5.41) is 24.7. The van der Waals surface area contributed by atoms with Gasteiger partial charge in [0.15, 0.2) is 0 Å². The maximum Gasteiger partial charge on any atom is 0.573 e. The third kappa shape index (κ3) is 4.43. The van der Waals surface area contributed by atoms with E-state index in [9.17, 15) is 13.2 Å². The Balaban J connectivity index is 2.26. The lowest BCUT2D eigenvalue weighted by molar-refractivity contribution is -0.274. The van der Waals surface area contributed by atoms with Crippen molar-refractivity contribution < 1.29 is 17.9 Å². The van der Waals surface area contributed by atoms with E-state index >= 15 is 0 Å². The first-order chi connectivity index (χ1) is 10.8. The van der Waals surface area contributed by atoms with E-state index in [1.807, 2.05) is 6.07 Å². The van der Waals surface area contributed by atoms with Crippen LogP contribution in [-0.4, -0.2) is 27.0 Å². The fraction of sp³-hybridized carbons (Fsp3) is 0.167. The van der Waals surface area contributed by atoms with E-state index < -0.39 is 6.36 Å². The number of anilines is 1. The zero-order valence-corrected chi connectivity index (χ0v) is 13.0. The van der Waals surface area contributed by atoms with Crippen LogP contribution in [0.2, 0.25) is 0 Å². The predicted molar refractivity (Wildman–Crippen MR) is 77.0 cm³/mol. The van der Waals surface area contributed by atoms with Gasteiger partial charge in [-0.25, -0.2) is 0 Å². The van der Waals surface area contributed by atoms with Crippen LogP contribution in [0.3, 0.4) is 0 Å². The molecule has 23 heavy (non-hydrogen) atoms. The van der Waals surface area contributed by atoms with E-state index in [0.717, 1.165) is 6.07 Å². The molecule has 0 spiro atoms. The van der Waals surface area contributed by atoms with Gasteiger partial charge in [0.25, 0.3) is 0 Å². The number of benzene rings is 1. The lowest BCUT2D eigenvalue weighted by Gasteiger charge is -2.13. The highest BCUT2D eigenvalue weighted by molar-refractivity contribution is 9.10. The molecule has 2 aromatic rings. The van der Waals surface area contributed by atoms with Crippen molar-refractivity contribution in [2.24, 2.45) is 0 Å². The Labute approximate surface area is 136 Å². The Morgan fingerprint density at radius 3 is 2.74 bits per heavy atom. The van der Waals surface area contributed by atoms with E-state index in [2.05, 4.69) is 46.6 Å². The molecule has 11 heteroatoms. The van der Waals surface area contributed by atoms with Crippen molar-refractivity contribution in [1.29, 1.82) is 5.26 Å². The molecule has 0 atom stereocenters. The van der Waals surface area contributed by atoms with Gasteiger partial charge in [0.1, 0.15) is 17.4 Å². The highest BCUT2D eigenvalue weighted by Crippen LogP contribution is 2.34. The summed E-state index contributed by atoms with van der Waals surface area (Å²) >= 11 is 3.15.